The number of thioether (sulfide) groups is 1. The number of nitrogens with zero attached hydrogens (tertiary/aromatic N) is 2. The van der Waals surface area contributed by atoms with Crippen LogP contribution >= 0.6 is 35.0 Å². The van der Waals surface area contributed by atoms with Crippen molar-refractivity contribution in [3.8, 4) is 6.07 Å². The Morgan fingerprint density at radius 3 is 2.42 bits per heavy atom. The topological polar surface area (TPSA) is 73.2 Å². The Morgan fingerprint density at radius 2 is 1.75 bits per heavy atom. The molecule has 182 valence electrons. The minimum Gasteiger partial charge on any atom is -0.351 e. The smallest absolute Gasteiger partial charge is 0.264 e. The van der Waals surface area contributed by atoms with Crippen molar-refractivity contribution in [2.75, 3.05) is 11.4 Å². The fourth-order valence-electron chi connectivity index (χ4n) is 3.75. The summed E-state index contributed by atoms with van der Waals surface area (Å²) >= 11 is 13.3. The number of hydrogen-bond donors (Lipinski definition) is 1. The fourth-order valence-corrected chi connectivity index (χ4v) is 5.38. The van der Waals surface area contributed by atoms with E-state index >= 15 is 0 Å². The van der Waals surface area contributed by atoms with E-state index in [4.69, 9.17) is 23.2 Å². The molecule has 1 saturated heterocycles. The van der Waals surface area contributed by atoms with Gasteiger partial charge in [0, 0.05) is 12.2 Å². The van der Waals surface area contributed by atoms with Gasteiger partial charge in [-0.05, 0) is 60.4 Å². The molecule has 0 saturated carbocycles. The van der Waals surface area contributed by atoms with E-state index in [0.717, 1.165) is 22.9 Å². The van der Waals surface area contributed by atoms with E-state index < -0.39 is 17.0 Å². The molecule has 4 rings (SSSR count). The van der Waals surface area contributed by atoms with E-state index in [-0.39, 0.29) is 16.5 Å². The maximum Gasteiger partial charge on any atom is 0.264 e. The molecule has 0 bridgehead atoms. The van der Waals surface area contributed by atoms with E-state index in [1.165, 1.54) is 29.2 Å². The molecule has 0 aliphatic carbocycles. The molecule has 0 radical (unpaired) electrons. The van der Waals surface area contributed by atoms with Gasteiger partial charge in [0.2, 0.25) is 5.91 Å². The van der Waals surface area contributed by atoms with Gasteiger partial charge >= 0.3 is 0 Å². The first-order chi connectivity index (χ1) is 17.4. The molecule has 1 aliphatic rings. The van der Waals surface area contributed by atoms with Gasteiger partial charge in [0.05, 0.1) is 15.3 Å². The Bertz CT molecular complexity index is 1360. The molecule has 1 atom stereocenters. The lowest BCUT2D eigenvalue weighted by molar-refractivity contribution is -0.117. The quantitative estimate of drug-likeness (QED) is 0.299. The molecule has 3 aromatic carbocycles. The van der Waals surface area contributed by atoms with Crippen LogP contribution in [0.15, 0.2) is 83.4 Å². The van der Waals surface area contributed by atoms with Crippen LogP contribution in [0.3, 0.4) is 0 Å². The first kappa shape index (κ1) is 25.8. The van der Waals surface area contributed by atoms with Gasteiger partial charge < -0.3 is 5.32 Å². The van der Waals surface area contributed by atoms with E-state index in [0.29, 0.717) is 35.1 Å². The number of hydrogen-bond acceptors (Lipinski definition) is 4. The van der Waals surface area contributed by atoms with Gasteiger partial charge in [-0.1, -0.05) is 71.4 Å². The number of anilines is 1. The first-order valence-corrected chi connectivity index (χ1v) is 12.7. The number of benzene rings is 3. The standard InChI is InChI=1S/C27H20Cl2FN3O2S/c28-22-11-6-18(14-23(22)29)15-24-26(35)33(20-9-7-19(30)8-10-20)27(36-24)21(16-31)25(34)32-13-12-17-4-2-1-3-5-17/h1-11,14,24H,12-13,15H2,(H,32,34)/b27-21-/t24-/m1/s1. The summed E-state index contributed by atoms with van der Waals surface area (Å²) in [5.74, 6) is -1.36. The second-order valence-corrected chi connectivity index (χ2v) is 10.00. The van der Waals surface area contributed by atoms with Crippen LogP contribution in [0.4, 0.5) is 10.1 Å². The number of halogens is 3. The van der Waals surface area contributed by atoms with Gasteiger partial charge in [0.1, 0.15) is 22.5 Å². The molecule has 0 aromatic heterocycles. The zero-order valence-corrected chi connectivity index (χ0v) is 21.2. The molecular weight excluding hydrogens is 520 g/mol. The first-order valence-electron chi connectivity index (χ1n) is 11.0. The zero-order valence-electron chi connectivity index (χ0n) is 18.9. The van der Waals surface area contributed by atoms with Crippen molar-refractivity contribution >= 4 is 52.5 Å². The van der Waals surface area contributed by atoms with Crippen LogP contribution < -0.4 is 10.2 Å². The molecule has 1 aliphatic heterocycles. The molecule has 0 spiro atoms. The van der Waals surface area contributed by atoms with E-state index in [9.17, 15) is 19.2 Å². The summed E-state index contributed by atoms with van der Waals surface area (Å²) < 4.78 is 13.6. The van der Waals surface area contributed by atoms with Crippen molar-refractivity contribution in [2.24, 2.45) is 0 Å². The summed E-state index contributed by atoms with van der Waals surface area (Å²) in [7, 11) is 0. The van der Waals surface area contributed by atoms with Gasteiger partial charge in [-0.25, -0.2) is 4.39 Å². The average Bonchev–Trinajstić information content (AvgIpc) is 3.18. The number of amides is 2. The van der Waals surface area contributed by atoms with E-state index in [2.05, 4.69) is 5.32 Å². The Morgan fingerprint density at radius 1 is 1.03 bits per heavy atom. The molecule has 1 fully saturated rings. The minimum absolute atomic E-state index is 0.178. The van der Waals surface area contributed by atoms with Crippen LogP contribution in [-0.2, 0) is 22.4 Å². The van der Waals surface area contributed by atoms with Crippen molar-refractivity contribution in [2.45, 2.75) is 18.1 Å². The van der Waals surface area contributed by atoms with Crippen molar-refractivity contribution in [3.05, 3.63) is 110 Å². The van der Waals surface area contributed by atoms with Gasteiger partial charge in [-0.2, -0.15) is 5.26 Å². The van der Waals surface area contributed by atoms with Crippen LogP contribution in [0.25, 0.3) is 0 Å². The lowest BCUT2D eigenvalue weighted by Gasteiger charge is -2.18. The summed E-state index contributed by atoms with van der Waals surface area (Å²) in [6.07, 6.45) is 0.893. The van der Waals surface area contributed by atoms with Crippen molar-refractivity contribution in [1.29, 1.82) is 5.26 Å². The van der Waals surface area contributed by atoms with Crippen molar-refractivity contribution < 1.29 is 14.0 Å². The highest BCUT2D eigenvalue weighted by Crippen LogP contribution is 2.42. The number of carbonyl (C=O) groups is 2. The second kappa shape index (κ2) is 11.6. The molecule has 9 heteroatoms. The van der Waals surface area contributed by atoms with Gasteiger partial charge in [-0.3, -0.25) is 14.5 Å². The Labute approximate surface area is 222 Å². The monoisotopic (exact) mass is 539 g/mol. The minimum atomic E-state index is -0.622. The third kappa shape index (κ3) is 5.90. The second-order valence-electron chi connectivity index (χ2n) is 7.99. The van der Waals surface area contributed by atoms with E-state index in [1.807, 2.05) is 36.4 Å². The maximum atomic E-state index is 13.6. The van der Waals surface area contributed by atoms with Crippen LogP contribution in [-0.4, -0.2) is 23.6 Å². The fraction of sp³-hybridized carbons (Fsp3) is 0.148. The van der Waals surface area contributed by atoms with Crippen LogP contribution in [0.2, 0.25) is 10.0 Å². The predicted octanol–water partition coefficient (Wildman–Crippen LogP) is 5.92. The molecule has 3 aromatic rings. The highest BCUT2D eigenvalue weighted by Gasteiger charge is 2.40. The summed E-state index contributed by atoms with van der Waals surface area (Å²) in [4.78, 5) is 27.8. The SMILES string of the molecule is N#C/C(C(=O)NCCc1ccccc1)=C1/S[C@H](Cc2ccc(Cl)c(Cl)c2)C(=O)N1c1ccc(F)cc1. The van der Waals surface area contributed by atoms with Crippen LogP contribution in [0, 0.1) is 17.1 Å². The summed E-state index contributed by atoms with van der Waals surface area (Å²) in [5, 5.41) is 13.0. The third-order valence-corrected chi connectivity index (χ3v) is 7.54. The Kier molecular flexibility index (Phi) is 8.32. The van der Waals surface area contributed by atoms with Crippen molar-refractivity contribution in [1.82, 2.24) is 5.32 Å². The molecule has 1 N–H and O–H groups in total. The zero-order chi connectivity index (χ0) is 25.7. The average molecular weight is 540 g/mol. The van der Waals surface area contributed by atoms with Crippen molar-refractivity contribution in [3.63, 3.8) is 0 Å². The Hall–Kier alpha value is -3.31. The largest absolute Gasteiger partial charge is 0.351 e. The van der Waals surface area contributed by atoms with Crippen LogP contribution in [0.1, 0.15) is 11.1 Å². The maximum absolute atomic E-state index is 13.6. The Balaban J connectivity index is 1.62. The molecule has 2 amide bonds. The van der Waals surface area contributed by atoms with Gasteiger partial charge in [0.25, 0.3) is 5.91 Å². The highest BCUT2D eigenvalue weighted by molar-refractivity contribution is 8.05. The molecule has 36 heavy (non-hydrogen) atoms. The molecular formula is C27H20Cl2FN3O2S. The van der Waals surface area contributed by atoms with Gasteiger partial charge in [0.15, 0.2) is 0 Å². The predicted molar refractivity (Wildman–Crippen MR) is 141 cm³/mol. The van der Waals surface area contributed by atoms with Crippen LogP contribution in [0.5, 0.6) is 0 Å². The number of carbonyl (C=O) groups excluding carboxylic acids is 2. The number of nitriles is 1. The summed E-state index contributed by atoms with van der Waals surface area (Å²) in [6, 6.07) is 22.0. The summed E-state index contributed by atoms with van der Waals surface area (Å²) in [6.45, 7) is 0.323. The number of nitrogens with one attached hydrogen (secondary N) is 1. The lowest BCUT2D eigenvalue weighted by atomic mass is 10.1. The lowest BCUT2D eigenvalue weighted by Crippen LogP contribution is -2.32. The molecule has 1 heterocycles. The summed E-state index contributed by atoms with van der Waals surface area (Å²) in [5.41, 5.74) is 2.01. The normalized spacial score (nSPS) is 16.6. The highest BCUT2D eigenvalue weighted by atomic mass is 35.5. The van der Waals surface area contributed by atoms with Gasteiger partial charge in [-0.15, -0.1) is 0 Å². The third-order valence-electron chi connectivity index (χ3n) is 5.54. The van der Waals surface area contributed by atoms with E-state index in [1.54, 1.807) is 18.2 Å². The molecule has 5 nitrogen and oxygen atoms in total. The number of rotatable bonds is 7. The molecule has 0 unspecified atom stereocenters.